The maximum atomic E-state index is 12.3. The largest absolute Gasteiger partial charge is 0.465 e. The van der Waals surface area contributed by atoms with E-state index in [4.69, 9.17) is 9.47 Å². The van der Waals surface area contributed by atoms with E-state index < -0.39 is 11.9 Å². The van der Waals surface area contributed by atoms with E-state index in [1.54, 1.807) is 19.1 Å². The van der Waals surface area contributed by atoms with Gasteiger partial charge in [-0.2, -0.15) is 0 Å². The Balaban J connectivity index is 2.56. The van der Waals surface area contributed by atoms with Crippen molar-refractivity contribution in [3.05, 3.63) is 35.5 Å². The van der Waals surface area contributed by atoms with Gasteiger partial charge in [0, 0.05) is 24.7 Å². The summed E-state index contributed by atoms with van der Waals surface area (Å²) in [4.78, 5) is 30.6. The van der Waals surface area contributed by atoms with Gasteiger partial charge < -0.3 is 19.7 Å². The highest BCUT2D eigenvalue weighted by molar-refractivity contribution is 6.10. The highest BCUT2D eigenvalue weighted by atomic mass is 16.5. The van der Waals surface area contributed by atoms with Crippen molar-refractivity contribution in [1.29, 1.82) is 0 Å². The molecule has 25 heavy (non-hydrogen) atoms. The summed E-state index contributed by atoms with van der Waals surface area (Å²) in [5.74, 6) is -0.922. The van der Waals surface area contributed by atoms with Crippen LogP contribution in [-0.2, 0) is 9.47 Å². The van der Waals surface area contributed by atoms with Crippen LogP contribution in [0.2, 0.25) is 0 Å². The molecule has 1 heterocycles. The number of para-hydroxylation sites is 1. The Hall–Kier alpha value is -2.67. The number of ether oxygens (including phenoxy) is 2. The minimum atomic E-state index is -0.471. The number of nitrogens with zero attached hydrogens (tertiary/aromatic N) is 2. The number of hydrogen-bond donors (Lipinski definition) is 1. The number of likely N-dealkylation sites (N-methyl/N-ethyl adjacent to an activating group) is 1. The Labute approximate surface area is 146 Å². The van der Waals surface area contributed by atoms with Crippen molar-refractivity contribution < 1.29 is 19.1 Å². The summed E-state index contributed by atoms with van der Waals surface area (Å²) in [7, 11) is 5.26. The van der Waals surface area contributed by atoms with Crippen LogP contribution in [0.1, 0.15) is 27.6 Å². The van der Waals surface area contributed by atoms with E-state index in [0.717, 1.165) is 6.54 Å². The maximum Gasteiger partial charge on any atom is 0.341 e. The van der Waals surface area contributed by atoms with E-state index >= 15 is 0 Å². The van der Waals surface area contributed by atoms with Crippen molar-refractivity contribution in [2.45, 2.75) is 6.92 Å². The van der Waals surface area contributed by atoms with Crippen LogP contribution in [0.3, 0.4) is 0 Å². The highest BCUT2D eigenvalue weighted by Crippen LogP contribution is 2.29. The lowest BCUT2D eigenvalue weighted by Gasteiger charge is -2.16. The molecule has 0 fully saturated rings. The monoisotopic (exact) mass is 345 g/mol. The molecule has 0 saturated heterocycles. The molecule has 1 N–H and O–H groups in total. The van der Waals surface area contributed by atoms with Crippen molar-refractivity contribution in [3.8, 4) is 0 Å². The average Bonchev–Trinajstić information content (AvgIpc) is 2.60. The van der Waals surface area contributed by atoms with E-state index in [-0.39, 0.29) is 6.61 Å². The average molecular weight is 345 g/mol. The van der Waals surface area contributed by atoms with Crippen LogP contribution >= 0.6 is 0 Å². The predicted molar refractivity (Wildman–Crippen MR) is 96.1 cm³/mol. The second-order valence-electron chi connectivity index (χ2n) is 5.69. The van der Waals surface area contributed by atoms with Crippen LogP contribution in [0, 0.1) is 0 Å². The molecule has 0 saturated carbocycles. The summed E-state index contributed by atoms with van der Waals surface area (Å²) >= 11 is 0. The number of carbonyl (C=O) groups excluding carboxylic acids is 2. The Morgan fingerprint density at radius 3 is 2.60 bits per heavy atom. The molecule has 2 aromatic rings. The van der Waals surface area contributed by atoms with E-state index in [1.165, 1.54) is 13.3 Å². The summed E-state index contributed by atoms with van der Waals surface area (Å²) in [5, 5.41) is 3.95. The Kier molecular flexibility index (Phi) is 6.30. The molecule has 0 amide bonds. The number of esters is 2. The molecule has 0 aliphatic heterocycles. The van der Waals surface area contributed by atoms with E-state index in [9.17, 15) is 9.59 Å². The molecule has 0 radical (unpaired) electrons. The predicted octanol–water partition coefficient (Wildman–Crippen LogP) is 2.17. The molecule has 0 bridgehead atoms. The van der Waals surface area contributed by atoms with Gasteiger partial charge in [0.2, 0.25) is 0 Å². The van der Waals surface area contributed by atoms with Gasteiger partial charge >= 0.3 is 11.9 Å². The van der Waals surface area contributed by atoms with E-state index in [1.807, 2.05) is 25.1 Å². The zero-order valence-electron chi connectivity index (χ0n) is 15.0. The van der Waals surface area contributed by atoms with Crippen molar-refractivity contribution in [2.24, 2.45) is 0 Å². The maximum absolute atomic E-state index is 12.3. The molecule has 1 aromatic carbocycles. The highest BCUT2D eigenvalue weighted by Gasteiger charge is 2.20. The molecule has 0 atom stereocenters. The van der Waals surface area contributed by atoms with Crippen molar-refractivity contribution in [3.63, 3.8) is 0 Å². The SMILES string of the molecule is CCOC(=O)c1cnc2c(C(=O)OC)cccc2c1NCCN(C)C. The second-order valence-corrected chi connectivity index (χ2v) is 5.69. The van der Waals surface area contributed by atoms with E-state index in [2.05, 4.69) is 10.3 Å². The van der Waals surface area contributed by atoms with Gasteiger partial charge in [-0.1, -0.05) is 12.1 Å². The standard InChI is InChI=1S/C18H23N3O4/c1-5-25-18(23)14-11-20-15-12(16(14)19-9-10-21(2)3)7-6-8-13(15)17(22)24-4/h6-8,11H,5,9-10H2,1-4H3,(H,19,20). The van der Waals surface area contributed by atoms with Crippen molar-refractivity contribution in [1.82, 2.24) is 9.88 Å². The lowest BCUT2D eigenvalue weighted by Crippen LogP contribution is -2.22. The van der Waals surface area contributed by atoms with Gasteiger partial charge in [-0.05, 0) is 27.1 Å². The number of pyridine rings is 1. The molecular weight excluding hydrogens is 322 g/mol. The molecule has 0 unspecified atom stereocenters. The van der Waals surface area contributed by atoms with Gasteiger partial charge in [-0.15, -0.1) is 0 Å². The van der Waals surface area contributed by atoms with Crippen LogP contribution in [-0.4, -0.2) is 62.7 Å². The third-order valence-electron chi connectivity index (χ3n) is 3.66. The number of aromatic nitrogens is 1. The molecule has 7 nitrogen and oxygen atoms in total. The Bertz CT molecular complexity index is 774. The number of nitrogens with one attached hydrogen (secondary N) is 1. The number of fused-ring (bicyclic) bond motifs is 1. The number of methoxy groups -OCH3 is 1. The van der Waals surface area contributed by atoms with Crippen LogP contribution in [0.25, 0.3) is 10.9 Å². The van der Waals surface area contributed by atoms with Crippen LogP contribution < -0.4 is 5.32 Å². The molecular formula is C18H23N3O4. The molecule has 2 rings (SSSR count). The molecule has 7 heteroatoms. The topological polar surface area (TPSA) is 80.8 Å². The van der Waals surface area contributed by atoms with Gasteiger partial charge in [0.25, 0.3) is 0 Å². The van der Waals surface area contributed by atoms with Crippen LogP contribution in [0.5, 0.6) is 0 Å². The first-order chi connectivity index (χ1) is 12.0. The number of benzene rings is 1. The van der Waals surface area contributed by atoms with Gasteiger partial charge in [-0.3, -0.25) is 4.98 Å². The van der Waals surface area contributed by atoms with Crippen LogP contribution in [0.4, 0.5) is 5.69 Å². The number of hydrogen-bond acceptors (Lipinski definition) is 7. The molecule has 0 aliphatic rings. The number of rotatable bonds is 7. The van der Waals surface area contributed by atoms with E-state index in [0.29, 0.717) is 34.3 Å². The lowest BCUT2D eigenvalue weighted by molar-refractivity contribution is 0.0526. The second kappa shape index (κ2) is 8.43. The third kappa shape index (κ3) is 4.24. The zero-order valence-corrected chi connectivity index (χ0v) is 15.0. The minimum absolute atomic E-state index is 0.274. The minimum Gasteiger partial charge on any atom is -0.465 e. The first-order valence-electron chi connectivity index (χ1n) is 8.05. The summed E-state index contributed by atoms with van der Waals surface area (Å²) in [6.45, 7) is 3.43. The number of carbonyl (C=O) groups is 2. The normalized spacial score (nSPS) is 10.8. The Morgan fingerprint density at radius 1 is 1.20 bits per heavy atom. The fourth-order valence-corrected chi connectivity index (χ4v) is 2.46. The molecule has 0 spiro atoms. The number of anilines is 1. The third-order valence-corrected chi connectivity index (χ3v) is 3.66. The lowest BCUT2D eigenvalue weighted by atomic mass is 10.1. The quantitative estimate of drug-likeness (QED) is 0.770. The smallest absolute Gasteiger partial charge is 0.341 e. The Morgan fingerprint density at radius 2 is 1.96 bits per heavy atom. The summed E-state index contributed by atoms with van der Waals surface area (Å²) in [5.41, 5.74) is 1.78. The van der Waals surface area contributed by atoms with Gasteiger partial charge in [-0.25, -0.2) is 9.59 Å². The van der Waals surface area contributed by atoms with Gasteiger partial charge in [0.15, 0.2) is 0 Å². The van der Waals surface area contributed by atoms with Gasteiger partial charge in [0.1, 0.15) is 5.56 Å². The molecule has 0 aliphatic carbocycles. The first-order valence-corrected chi connectivity index (χ1v) is 8.05. The summed E-state index contributed by atoms with van der Waals surface area (Å²) in [6, 6.07) is 5.20. The fraction of sp³-hybridized carbons (Fsp3) is 0.389. The summed E-state index contributed by atoms with van der Waals surface area (Å²) in [6.07, 6.45) is 1.44. The van der Waals surface area contributed by atoms with Crippen molar-refractivity contribution >= 4 is 28.5 Å². The zero-order chi connectivity index (χ0) is 18.4. The first kappa shape index (κ1) is 18.7. The van der Waals surface area contributed by atoms with Crippen LogP contribution in [0.15, 0.2) is 24.4 Å². The van der Waals surface area contributed by atoms with Gasteiger partial charge in [0.05, 0.1) is 30.5 Å². The fourth-order valence-electron chi connectivity index (χ4n) is 2.46. The summed E-state index contributed by atoms with van der Waals surface area (Å²) < 4.78 is 9.94. The molecule has 134 valence electrons. The van der Waals surface area contributed by atoms with Crippen molar-refractivity contribution in [2.75, 3.05) is 46.2 Å². The molecule has 1 aromatic heterocycles.